The van der Waals surface area contributed by atoms with E-state index in [1.165, 1.54) is 0 Å². The quantitative estimate of drug-likeness (QED) is 0.795. The fraction of sp³-hybridized carbons (Fsp3) is 0.250. The van der Waals surface area contributed by atoms with Crippen LogP contribution in [0.3, 0.4) is 0 Å². The van der Waals surface area contributed by atoms with E-state index in [-0.39, 0.29) is 4.90 Å². The molecule has 112 valence electrons. The topological polar surface area (TPSA) is 43.4 Å². The molecule has 0 atom stereocenters. The minimum Gasteiger partial charge on any atom is -0.489 e. The van der Waals surface area contributed by atoms with Crippen molar-refractivity contribution in [2.45, 2.75) is 32.3 Å². The molecule has 0 radical (unpaired) electrons. The third-order valence-corrected chi connectivity index (χ3v) is 4.93. The number of aryl methyl sites for hydroxylation is 3. The van der Waals surface area contributed by atoms with Crippen LogP contribution in [0.1, 0.15) is 22.3 Å². The van der Waals surface area contributed by atoms with E-state index in [0.717, 1.165) is 11.1 Å². The summed E-state index contributed by atoms with van der Waals surface area (Å²) in [6, 6.07) is 11.4. The Balaban J connectivity index is 2.25. The Labute approximate surface area is 129 Å². The van der Waals surface area contributed by atoms with Gasteiger partial charge in [-0.25, -0.2) is 8.42 Å². The molecule has 0 bridgehead atoms. The molecule has 0 spiro atoms. The van der Waals surface area contributed by atoms with Crippen LogP contribution in [0.25, 0.3) is 0 Å². The van der Waals surface area contributed by atoms with Gasteiger partial charge in [0.25, 0.3) is 9.05 Å². The maximum atomic E-state index is 11.5. The Kier molecular flexibility index (Phi) is 4.59. The highest BCUT2D eigenvalue weighted by Crippen LogP contribution is 2.28. The van der Waals surface area contributed by atoms with E-state index in [1.807, 2.05) is 31.2 Å². The summed E-state index contributed by atoms with van der Waals surface area (Å²) in [7, 11) is 1.71. The van der Waals surface area contributed by atoms with Gasteiger partial charge in [0.1, 0.15) is 12.4 Å². The van der Waals surface area contributed by atoms with Crippen molar-refractivity contribution in [1.29, 1.82) is 0 Å². The molecule has 2 aromatic rings. The molecule has 0 amide bonds. The molecular formula is C16H17ClO3S. The normalized spacial score (nSPS) is 11.4. The molecule has 0 heterocycles. The minimum atomic E-state index is -3.74. The van der Waals surface area contributed by atoms with Crippen LogP contribution < -0.4 is 4.74 Å². The lowest BCUT2D eigenvalue weighted by Crippen LogP contribution is -2.02. The first-order valence-electron chi connectivity index (χ1n) is 6.52. The summed E-state index contributed by atoms with van der Waals surface area (Å²) in [5, 5.41) is 0. The first kappa shape index (κ1) is 15.9. The van der Waals surface area contributed by atoms with E-state index >= 15 is 0 Å². The van der Waals surface area contributed by atoms with Gasteiger partial charge < -0.3 is 4.74 Å². The summed E-state index contributed by atoms with van der Waals surface area (Å²) in [5.74, 6) is 0.636. The molecule has 0 aromatic heterocycles. The van der Waals surface area contributed by atoms with Gasteiger partial charge in [-0.05, 0) is 55.2 Å². The van der Waals surface area contributed by atoms with Crippen LogP contribution in [-0.2, 0) is 15.7 Å². The number of halogens is 1. The Morgan fingerprint density at radius 3 is 2.10 bits per heavy atom. The predicted molar refractivity (Wildman–Crippen MR) is 84.5 cm³/mol. The largest absolute Gasteiger partial charge is 0.489 e. The van der Waals surface area contributed by atoms with E-state index in [0.29, 0.717) is 23.5 Å². The second-order valence-electron chi connectivity index (χ2n) is 5.04. The van der Waals surface area contributed by atoms with Gasteiger partial charge in [-0.2, -0.15) is 0 Å². The highest BCUT2D eigenvalue weighted by atomic mass is 35.7. The molecule has 0 unspecified atom stereocenters. The van der Waals surface area contributed by atoms with Gasteiger partial charge in [0, 0.05) is 10.7 Å². The van der Waals surface area contributed by atoms with Crippen molar-refractivity contribution in [3.8, 4) is 5.75 Å². The maximum absolute atomic E-state index is 11.5. The van der Waals surface area contributed by atoms with Crippen LogP contribution in [0.2, 0.25) is 0 Å². The van der Waals surface area contributed by atoms with Crippen LogP contribution >= 0.6 is 10.7 Å². The lowest BCUT2D eigenvalue weighted by molar-refractivity contribution is 0.305. The third-order valence-electron chi connectivity index (χ3n) is 3.33. The van der Waals surface area contributed by atoms with Crippen molar-refractivity contribution >= 4 is 19.7 Å². The predicted octanol–water partition coefficient (Wildman–Crippen LogP) is 4.12. The molecular weight excluding hydrogens is 308 g/mol. The Morgan fingerprint density at radius 1 is 1.00 bits per heavy atom. The van der Waals surface area contributed by atoms with Gasteiger partial charge in [0.2, 0.25) is 0 Å². The first-order valence-corrected chi connectivity index (χ1v) is 8.83. The SMILES string of the molecule is Cc1ccccc1COc1cc(C)c(S(=O)(=O)Cl)c(C)c1. The van der Waals surface area contributed by atoms with E-state index in [9.17, 15) is 8.42 Å². The van der Waals surface area contributed by atoms with Gasteiger partial charge in [0.05, 0.1) is 4.90 Å². The van der Waals surface area contributed by atoms with Crippen molar-refractivity contribution in [3.05, 3.63) is 58.7 Å². The molecule has 0 aliphatic rings. The summed E-state index contributed by atoms with van der Waals surface area (Å²) in [4.78, 5) is 0.160. The number of hydrogen-bond acceptors (Lipinski definition) is 3. The maximum Gasteiger partial charge on any atom is 0.261 e. The van der Waals surface area contributed by atoms with Gasteiger partial charge in [0.15, 0.2) is 0 Å². The molecule has 0 fully saturated rings. The van der Waals surface area contributed by atoms with Crippen LogP contribution in [0.4, 0.5) is 0 Å². The summed E-state index contributed by atoms with van der Waals surface area (Å²) in [5.41, 5.74) is 3.43. The molecule has 5 heteroatoms. The molecule has 0 aliphatic carbocycles. The zero-order valence-electron chi connectivity index (χ0n) is 12.2. The summed E-state index contributed by atoms with van der Waals surface area (Å²) < 4.78 is 28.8. The monoisotopic (exact) mass is 324 g/mol. The van der Waals surface area contributed by atoms with Crippen LogP contribution in [0, 0.1) is 20.8 Å². The zero-order valence-corrected chi connectivity index (χ0v) is 13.8. The molecule has 3 nitrogen and oxygen atoms in total. The molecule has 21 heavy (non-hydrogen) atoms. The standard InChI is InChI=1S/C16H17ClO3S/c1-11-6-4-5-7-14(11)10-20-15-8-12(2)16(13(3)9-15)21(17,18)19/h4-9H,10H2,1-3H3. The fourth-order valence-corrected chi connectivity index (χ4v) is 3.93. The second-order valence-corrected chi connectivity index (χ2v) is 7.54. The van der Waals surface area contributed by atoms with E-state index in [2.05, 4.69) is 0 Å². The fourth-order valence-electron chi connectivity index (χ4n) is 2.31. The van der Waals surface area contributed by atoms with Gasteiger partial charge in [-0.1, -0.05) is 24.3 Å². The Morgan fingerprint density at radius 2 is 1.57 bits per heavy atom. The van der Waals surface area contributed by atoms with Crippen molar-refractivity contribution in [1.82, 2.24) is 0 Å². The van der Waals surface area contributed by atoms with Gasteiger partial charge >= 0.3 is 0 Å². The number of ether oxygens (including phenoxy) is 1. The third kappa shape index (κ3) is 3.77. The van der Waals surface area contributed by atoms with Crippen LogP contribution in [-0.4, -0.2) is 8.42 Å². The highest BCUT2D eigenvalue weighted by molar-refractivity contribution is 8.13. The summed E-state index contributed by atoms with van der Waals surface area (Å²) in [6.45, 7) is 5.89. The number of hydrogen-bond donors (Lipinski definition) is 0. The van der Waals surface area contributed by atoms with Crippen molar-refractivity contribution < 1.29 is 13.2 Å². The van der Waals surface area contributed by atoms with Gasteiger partial charge in [-0.15, -0.1) is 0 Å². The first-order chi connectivity index (χ1) is 9.79. The van der Waals surface area contributed by atoms with Gasteiger partial charge in [-0.3, -0.25) is 0 Å². The summed E-state index contributed by atoms with van der Waals surface area (Å²) >= 11 is 0. The lowest BCUT2D eigenvalue weighted by Gasteiger charge is -2.12. The van der Waals surface area contributed by atoms with Crippen molar-refractivity contribution in [2.24, 2.45) is 0 Å². The number of benzene rings is 2. The Bertz CT molecular complexity index is 744. The lowest BCUT2D eigenvalue weighted by atomic mass is 10.1. The van der Waals surface area contributed by atoms with Crippen molar-refractivity contribution in [3.63, 3.8) is 0 Å². The smallest absolute Gasteiger partial charge is 0.261 e. The summed E-state index contributed by atoms with van der Waals surface area (Å²) in [6.07, 6.45) is 0. The molecule has 0 N–H and O–H groups in total. The van der Waals surface area contributed by atoms with E-state index < -0.39 is 9.05 Å². The second kappa shape index (κ2) is 6.08. The molecule has 2 aromatic carbocycles. The molecule has 0 aliphatic heterocycles. The number of rotatable bonds is 4. The minimum absolute atomic E-state index is 0.160. The molecule has 0 saturated carbocycles. The average Bonchev–Trinajstić information content (AvgIpc) is 2.35. The van der Waals surface area contributed by atoms with E-state index in [1.54, 1.807) is 26.0 Å². The van der Waals surface area contributed by atoms with Crippen LogP contribution in [0.5, 0.6) is 5.75 Å². The van der Waals surface area contributed by atoms with E-state index in [4.69, 9.17) is 15.4 Å². The zero-order chi connectivity index (χ0) is 15.6. The Hall–Kier alpha value is -1.52. The molecule has 0 saturated heterocycles. The highest BCUT2D eigenvalue weighted by Gasteiger charge is 2.17. The average molecular weight is 325 g/mol. The van der Waals surface area contributed by atoms with Crippen LogP contribution in [0.15, 0.2) is 41.3 Å². The van der Waals surface area contributed by atoms with Crippen molar-refractivity contribution in [2.75, 3.05) is 0 Å². The molecule has 2 rings (SSSR count).